The average molecular weight is 318 g/mol. The van der Waals surface area contributed by atoms with Gasteiger partial charge in [-0.05, 0) is 25.0 Å². The number of nitrogens with zero attached hydrogens (tertiary/aromatic N) is 3. The minimum Gasteiger partial charge on any atom is -0.378 e. The number of amides is 2. The van der Waals surface area contributed by atoms with Crippen LogP contribution in [0.2, 0.25) is 0 Å². The maximum Gasteiger partial charge on any atom is 0.267 e. The van der Waals surface area contributed by atoms with E-state index in [1.165, 1.54) is 0 Å². The van der Waals surface area contributed by atoms with E-state index in [1.807, 2.05) is 11.0 Å². The molecule has 2 aliphatic heterocycles. The molecule has 0 radical (unpaired) electrons. The van der Waals surface area contributed by atoms with Gasteiger partial charge in [-0.15, -0.1) is 0 Å². The van der Waals surface area contributed by atoms with Crippen LogP contribution in [0.25, 0.3) is 0 Å². The second-order valence-electron chi connectivity index (χ2n) is 5.99. The third kappa shape index (κ3) is 3.61. The summed E-state index contributed by atoms with van der Waals surface area (Å²) in [4.78, 5) is 32.0. The molecule has 2 aliphatic rings. The Hall–Kier alpha value is -2.15. The first-order chi connectivity index (χ1) is 11.1. The standard InChI is InChI=1S/C16H22N4O3/c17-15(21)14-10-13(3-4-18-14)20-5-1-2-12(11-20)16(22)19-6-8-23-9-7-19/h3-4,10,12H,1-2,5-9,11H2,(H2,17,21)/t12-/m1/s1. The molecule has 1 atom stereocenters. The lowest BCUT2D eigenvalue weighted by molar-refractivity contribution is -0.139. The molecule has 124 valence electrons. The first kappa shape index (κ1) is 15.7. The summed E-state index contributed by atoms with van der Waals surface area (Å²) in [6, 6.07) is 3.55. The summed E-state index contributed by atoms with van der Waals surface area (Å²) >= 11 is 0. The maximum absolute atomic E-state index is 12.7. The van der Waals surface area contributed by atoms with Gasteiger partial charge in [0.25, 0.3) is 5.91 Å². The van der Waals surface area contributed by atoms with Gasteiger partial charge in [0.2, 0.25) is 5.91 Å². The first-order valence-corrected chi connectivity index (χ1v) is 8.02. The molecule has 7 heteroatoms. The Morgan fingerprint density at radius 2 is 2.04 bits per heavy atom. The Morgan fingerprint density at radius 3 is 2.78 bits per heavy atom. The van der Waals surface area contributed by atoms with Crippen LogP contribution in [0.15, 0.2) is 18.3 Å². The number of piperidine rings is 1. The second-order valence-corrected chi connectivity index (χ2v) is 5.99. The van der Waals surface area contributed by atoms with E-state index in [0.29, 0.717) is 32.8 Å². The van der Waals surface area contributed by atoms with Crippen molar-refractivity contribution in [3.63, 3.8) is 0 Å². The van der Waals surface area contributed by atoms with Gasteiger partial charge in [0.15, 0.2) is 0 Å². The molecule has 2 saturated heterocycles. The smallest absolute Gasteiger partial charge is 0.267 e. The van der Waals surface area contributed by atoms with Crippen LogP contribution in [0.5, 0.6) is 0 Å². The number of carbonyl (C=O) groups excluding carboxylic acids is 2. The van der Waals surface area contributed by atoms with Gasteiger partial charge in [-0.2, -0.15) is 0 Å². The van der Waals surface area contributed by atoms with Crippen molar-refractivity contribution in [2.24, 2.45) is 11.7 Å². The highest BCUT2D eigenvalue weighted by Gasteiger charge is 2.30. The number of primary amides is 1. The number of morpholine rings is 1. The zero-order valence-electron chi connectivity index (χ0n) is 13.1. The SMILES string of the molecule is NC(=O)c1cc(N2CCC[C@@H](C(=O)N3CCOCC3)C2)ccn1. The van der Waals surface area contributed by atoms with Crippen LogP contribution in [0.4, 0.5) is 5.69 Å². The fourth-order valence-corrected chi connectivity index (χ4v) is 3.21. The van der Waals surface area contributed by atoms with E-state index in [9.17, 15) is 9.59 Å². The summed E-state index contributed by atoms with van der Waals surface area (Å²) in [5, 5.41) is 0. The van der Waals surface area contributed by atoms with Crippen LogP contribution in [-0.4, -0.2) is 61.1 Å². The van der Waals surface area contributed by atoms with Gasteiger partial charge in [0.05, 0.1) is 19.1 Å². The Balaban J connectivity index is 1.69. The Bertz CT molecular complexity index is 586. The largest absolute Gasteiger partial charge is 0.378 e. The molecule has 2 amide bonds. The van der Waals surface area contributed by atoms with Crippen LogP contribution in [0.1, 0.15) is 23.3 Å². The molecule has 0 aromatic carbocycles. The number of hydrogen-bond acceptors (Lipinski definition) is 5. The van der Waals surface area contributed by atoms with Crippen LogP contribution in [-0.2, 0) is 9.53 Å². The molecular weight excluding hydrogens is 296 g/mol. The van der Waals surface area contributed by atoms with Gasteiger partial charge in [0, 0.05) is 38.1 Å². The van der Waals surface area contributed by atoms with Crippen molar-refractivity contribution in [1.82, 2.24) is 9.88 Å². The van der Waals surface area contributed by atoms with E-state index >= 15 is 0 Å². The molecule has 0 spiro atoms. The summed E-state index contributed by atoms with van der Waals surface area (Å²) in [6.45, 7) is 4.13. The van der Waals surface area contributed by atoms with E-state index in [4.69, 9.17) is 10.5 Å². The average Bonchev–Trinajstić information content (AvgIpc) is 2.62. The number of rotatable bonds is 3. The quantitative estimate of drug-likeness (QED) is 0.863. The molecule has 0 bridgehead atoms. The molecule has 0 unspecified atom stereocenters. The van der Waals surface area contributed by atoms with Crippen molar-refractivity contribution in [2.45, 2.75) is 12.8 Å². The maximum atomic E-state index is 12.7. The van der Waals surface area contributed by atoms with E-state index in [2.05, 4.69) is 9.88 Å². The van der Waals surface area contributed by atoms with E-state index in [-0.39, 0.29) is 17.5 Å². The number of carbonyl (C=O) groups is 2. The topological polar surface area (TPSA) is 88.8 Å². The zero-order valence-corrected chi connectivity index (χ0v) is 13.1. The first-order valence-electron chi connectivity index (χ1n) is 8.02. The summed E-state index contributed by atoms with van der Waals surface area (Å²) in [5.74, 6) is -0.334. The highest BCUT2D eigenvalue weighted by Crippen LogP contribution is 2.25. The van der Waals surface area contributed by atoms with Gasteiger partial charge >= 0.3 is 0 Å². The van der Waals surface area contributed by atoms with Gasteiger partial charge in [-0.3, -0.25) is 14.6 Å². The van der Waals surface area contributed by atoms with Gasteiger partial charge in [0.1, 0.15) is 5.69 Å². The molecule has 1 aromatic rings. The van der Waals surface area contributed by atoms with Crippen molar-refractivity contribution < 1.29 is 14.3 Å². The minimum atomic E-state index is -0.537. The van der Waals surface area contributed by atoms with Crippen molar-refractivity contribution in [1.29, 1.82) is 0 Å². The molecule has 2 N–H and O–H groups in total. The number of anilines is 1. The van der Waals surface area contributed by atoms with Crippen molar-refractivity contribution in [3.8, 4) is 0 Å². The van der Waals surface area contributed by atoms with Gasteiger partial charge in [-0.25, -0.2) is 0 Å². The summed E-state index contributed by atoms with van der Waals surface area (Å²) < 4.78 is 5.31. The highest BCUT2D eigenvalue weighted by molar-refractivity contribution is 5.91. The normalized spacial score (nSPS) is 22.0. The zero-order chi connectivity index (χ0) is 16.2. The van der Waals surface area contributed by atoms with Crippen LogP contribution >= 0.6 is 0 Å². The highest BCUT2D eigenvalue weighted by atomic mass is 16.5. The molecule has 0 saturated carbocycles. The van der Waals surface area contributed by atoms with Crippen molar-refractivity contribution in [3.05, 3.63) is 24.0 Å². The Morgan fingerprint density at radius 1 is 1.26 bits per heavy atom. The van der Waals surface area contributed by atoms with Crippen LogP contribution < -0.4 is 10.6 Å². The fraction of sp³-hybridized carbons (Fsp3) is 0.562. The number of aromatic nitrogens is 1. The number of nitrogens with two attached hydrogens (primary N) is 1. The summed E-state index contributed by atoms with van der Waals surface area (Å²) in [5.41, 5.74) is 6.44. The third-order valence-electron chi connectivity index (χ3n) is 4.45. The third-order valence-corrected chi connectivity index (χ3v) is 4.45. The minimum absolute atomic E-state index is 0.00737. The second kappa shape index (κ2) is 6.95. The molecular formula is C16H22N4O3. The Kier molecular flexibility index (Phi) is 4.76. The molecule has 7 nitrogen and oxygen atoms in total. The molecule has 3 heterocycles. The van der Waals surface area contributed by atoms with Crippen LogP contribution in [0, 0.1) is 5.92 Å². The molecule has 3 rings (SSSR count). The summed E-state index contributed by atoms with van der Waals surface area (Å²) in [7, 11) is 0. The van der Waals surface area contributed by atoms with Crippen molar-refractivity contribution in [2.75, 3.05) is 44.3 Å². The van der Waals surface area contributed by atoms with Crippen LogP contribution in [0.3, 0.4) is 0 Å². The Labute approximate surface area is 135 Å². The lowest BCUT2D eigenvalue weighted by Crippen LogP contribution is -2.48. The molecule has 2 fully saturated rings. The predicted molar refractivity (Wildman–Crippen MR) is 85.1 cm³/mol. The van der Waals surface area contributed by atoms with E-state index in [0.717, 1.165) is 25.1 Å². The number of hydrogen-bond donors (Lipinski definition) is 1. The van der Waals surface area contributed by atoms with Crippen molar-refractivity contribution >= 4 is 17.5 Å². The monoisotopic (exact) mass is 318 g/mol. The summed E-state index contributed by atoms with van der Waals surface area (Å²) in [6.07, 6.45) is 3.44. The fourth-order valence-electron chi connectivity index (χ4n) is 3.21. The lowest BCUT2D eigenvalue weighted by Gasteiger charge is -2.37. The predicted octanol–water partition coefficient (Wildman–Crippen LogP) is 0.256. The molecule has 23 heavy (non-hydrogen) atoms. The van der Waals surface area contributed by atoms with Gasteiger partial charge in [-0.1, -0.05) is 0 Å². The van der Waals surface area contributed by atoms with E-state index < -0.39 is 5.91 Å². The van der Waals surface area contributed by atoms with Gasteiger partial charge < -0.3 is 20.3 Å². The number of pyridine rings is 1. The van der Waals surface area contributed by atoms with E-state index in [1.54, 1.807) is 12.3 Å². The number of ether oxygens (including phenoxy) is 1. The molecule has 0 aliphatic carbocycles. The lowest BCUT2D eigenvalue weighted by atomic mass is 9.96. The molecule has 1 aromatic heterocycles.